The molecule has 2 aromatic carbocycles. The molecule has 2 aromatic rings. The van der Waals surface area contributed by atoms with Crippen LogP contribution in [0.4, 0.5) is 0 Å². The number of hydrogen-bond acceptors (Lipinski definition) is 1. The van der Waals surface area contributed by atoms with Crippen LogP contribution in [0.5, 0.6) is 0 Å². The molecule has 1 unspecified atom stereocenters. The van der Waals surface area contributed by atoms with Crippen molar-refractivity contribution in [1.29, 1.82) is 0 Å². The molecule has 0 saturated carbocycles. The topological polar surface area (TPSA) is 12.0 Å². The van der Waals surface area contributed by atoms with Gasteiger partial charge in [0.05, 0.1) is 0 Å². The van der Waals surface area contributed by atoms with Gasteiger partial charge in [0, 0.05) is 9.61 Å². The first-order valence-electron chi connectivity index (χ1n) is 7.15. The molecule has 106 valence electrons. The highest BCUT2D eigenvalue weighted by molar-refractivity contribution is 14.1. The van der Waals surface area contributed by atoms with Crippen molar-refractivity contribution >= 4 is 22.6 Å². The van der Waals surface area contributed by atoms with E-state index in [0.29, 0.717) is 6.04 Å². The normalized spacial score (nSPS) is 12.4. The Hall–Kier alpha value is -0.870. The molecule has 0 bridgehead atoms. The first-order valence-corrected chi connectivity index (χ1v) is 8.23. The van der Waals surface area contributed by atoms with Crippen LogP contribution >= 0.6 is 22.6 Å². The van der Waals surface area contributed by atoms with Crippen LogP contribution in [-0.2, 0) is 6.42 Å². The SMILES string of the molecule is CCNC(Cc1cc(C)cc(C)c1)c1ccccc1I. The molecule has 1 N–H and O–H groups in total. The molecule has 0 fully saturated rings. The maximum atomic E-state index is 3.62. The van der Waals surface area contributed by atoms with E-state index in [4.69, 9.17) is 0 Å². The first-order chi connectivity index (χ1) is 9.60. The smallest absolute Gasteiger partial charge is 0.0371 e. The quantitative estimate of drug-likeness (QED) is 0.736. The van der Waals surface area contributed by atoms with Crippen LogP contribution in [-0.4, -0.2) is 6.54 Å². The van der Waals surface area contributed by atoms with Gasteiger partial charge >= 0.3 is 0 Å². The minimum atomic E-state index is 0.384. The molecule has 0 radical (unpaired) electrons. The number of likely N-dealkylation sites (N-methyl/N-ethyl adjacent to an activating group) is 1. The Balaban J connectivity index is 2.28. The van der Waals surface area contributed by atoms with Gasteiger partial charge in [0.25, 0.3) is 0 Å². The zero-order valence-corrected chi connectivity index (χ0v) is 14.6. The molecule has 0 saturated heterocycles. The van der Waals surface area contributed by atoms with E-state index in [2.05, 4.69) is 91.1 Å². The third-order valence-corrected chi connectivity index (χ3v) is 4.43. The predicted octanol–water partition coefficient (Wildman–Crippen LogP) is 4.80. The Labute approximate surface area is 135 Å². The van der Waals surface area contributed by atoms with Crippen LogP contribution in [0.2, 0.25) is 0 Å². The van der Waals surface area contributed by atoms with Crippen LogP contribution < -0.4 is 5.32 Å². The van der Waals surface area contributed by atoms with Gasteiger partial charge in [-0.1, -0.05) is 54.4 Å². The number of rotatable bonds is 5. The van der Waals surface area contributed by atoms with Gasteiger partial charge in [-0.15, -0.1) is 0 Å². The summed E-state index contributed by atoms with van der Waals surface area (Å²) in [4.78, 5) is 0. The highest BCUT2D eigenvalue weighted by atomic mass is 127. The maximum absolute atomic E-state index is 3.62. The molecule has 0 aliphatic heterocycles. The highest BCUT2D eigenvalue weighted by Crippen LogP contribution is 2.24. The molecule has 2 heteroatoms. The van der Waals surface area contributed by atoms with E-state index in [-0.39, 0.29) is 0 Å². The lowest BCUT2D eigenvalue weighted by Crippen LogP contribution is -2.23. The average molecular weight is 379 g/mol. The molecule has 1 nitrogen and oxygen atoms in total. The van der Waals surface area contributed by atoms with E-state index in [1.54, 1.807) is 0 Å². The lowest BCUT2D eigenvalue weighted by molar-refractivity contribution is 0.547. The number of benzene rings is 2. The summed E-state index contributed by atoms with van der Waals surface area (Å²) in [6, 6.07) is 15.9. The summed E-state index contributed by atoms with van der Waals surface area (Å²) in [5.41, 5.74) is 5.50. The van der Waals surface area contributed by atoms with Crippen LogP contribution in [0.1, 0.15) is 35.2 Å². The largest absolute Gasteiger partial charge is 0.310 e. The summed E-state index contributed by atoms with van der Waals surface area (Å²) in [7, 11) is 0. The Bertz CT molecular complexity index is 557. The van der Waals surface area contributed by atoms with E-state index in [0.717, 1.165) is 13.0 Å². The second-order valence-electron chi connectivity index (χ2n) is 5.33. The molecule has 2 rings (SSSR count). The number of halogens is 1. The van der Waals surface area contributed by atoms with Crippen LogP contribution in [0.25, 0.3) is 0 Å². The Morgan fingerprint density at radius 3 is 2.30 bits per heavy atom. The van der Waals surface area contributed by atoms with Gasteiger partial charge in [0.1, 0.15) is 0 Å². The van der Waals surface area contributed by atoms with Crippen LogP contribution in [0.15, 0.2) is 42.5 Å². The van der Waals surface area contributed by atoms with Crippen molar-refractivity contribution in [3.63, 3.8) is 0 Å². The zero-order valence-electron chi connectivity index (χ0n) is 12.4. The van der Waals surface area contributed by atoms with Crippen molar-refractivity contribution in [2.24, 2.45) is 0 Å². The molecular formula is C18H22IN. The van der Waals surface area contributed by atoms with Gasteiger partial charge < -0.3 is 5.32 Å². The summed E-state index contributed by atoms with van der Waals surface area (Å²) in [6.07, 6.45) is 1.04. The highest BCUT2D eigenvalue weighted by Gasteiger charge is 2.14. The molecule has 0 aliphatic rings. The first kappa shape index (κ1) is 15.5. The molecule has 0 spiro atoms. The number of aryl methyl sites for hydroxylation is 2. The van der Waals surface area contributed by atoms with Gasteiger partial charge in [0.15, 0.2) is 0 Å². The lowest BCUT2D eigenvalue weighted by atomic mass is 9.96. The van der Waals surface area contributed by atoms with Crippen molar-refractivity contribution in [2.45, 2.75) is 33.2 Å². The van der Waals surface area contributed by atoms with Crippen LogP contribution in [0, 0.1) is 17.4 Å². The lowest BCUT2D eigenvalue weighted by Gasteiger charge is -2.20. The summed E-state index contributed by atoms with van der Waals surface area (Å²) in [5, 5.41) is 3.62. The molecular weight excluding hydrogens is 357 g/mol. The van der Waals surface area contributed by atoms with Crippen molar-refractivity contribution in [1.82, 2.24) is 5.32 Å². The van der Waals surface area contributed by atoms with Gasteiger partial charge in [-0.2, -0.15) is 0 Å². The standard InChI is InChI=1S/C18H22IN/c1-4-20-18(16-7-5-6-8-17(16)19)12-15-10-13(2)9-14(3)11-15/h5-11,18,20H,4,12H2,1-3H3. The minimum absolute atomic E-state index is 0.384. The fourth-order valence-electron chi connectivity index (χ4n) is 2.72. The molecule has 0 amide bonds. The van der Waals surface area contributed by atoms with Crippen molar-refractivity contribution in [3.8, 4) is 0 Å². The van der Waals surface area contributed by atoms with Crippen molar-refractivity contribution < 1.29 is 0 Å². The predicted molar refractivity (Wildman–Crippen MR) is 95.2 cm³/mol. The van der Waals surface area contributed by atoms with E-state index < -0.39 is 0 Å². The van der Waals surface area contributed by atoms with Gasteiger partial charge in [0.2, 0.25) is 0 Å². The summed E-state index contributed by atoms with van der Waals surface area (Å²) in [5.74, 6) is 0. The molecule has 0 aromatic heterocycles. The fraction of sp³-hybridized carbons (Fsp3) is 0.333. The van der Waals surface area contributed by atoms with Gasteiger partial charge in [-0.25, -0.2) is 0 Å². The zero-order chi connectivity index (χ0) is 14.5. The second kappa shape index (κ2) is 7.23. The summed E-state index contributed by atoms with van der Waals surface area (Å²) in [6.45, 7) is 7.50. The van der Waals surface area contributed by atoms with Gasteiger partial charge in [-0.3, -0.25) is 0 Å². The van der Waals surface area contributed by atoms with Crippen molar-refractivity contribution in [3.05, 3.63) is 68.3 Å². The third-order valence-electron chi connectivity index (χ3n) is 3.45. The molecule has 0 heterocycles. The minimum Gasteiger partial charge on any atom is -0.310 e. The third kappa shape index (κ3) is 4.06. The Kier molecular flexibility index (Phi) is 5.61. The van der Waals surface area contributed by atoms with Crippen molar-refractivity contribution in [2.75, 3.05) is 6.54 Å². The van der Waals surface area contributed by atoms with Gasteiger partial charge in [-0.05, 0) is 66.6 Å². The molecule has 0 aliphatic carbocycles. The average Bonchev–Trinajstić information content (AvgIpc) is 2.37. The summed E-state index contributed by atoms with van der Waals surface area (Å²) >= 11 is 2.43. The monoisotopic (exact) mass is 379 g/mol. The Morgan fingerprint density at radius 1 is 1.05 bits per heavy atom. The molecule has 1 atom stereocenters. The maximum Gasteiger partial charge on any atom is 0.0371 e. The van der Waals surface area contributed by atoms with E-state index >= 15 is 0 Å². The Morgan fingerprint density at radius 2 is 1.70 bits per heavy atom. The second-order valence-corrected chi connectivity index (χ2v) is 6.49. The van der Waals surface area contributed by atoms with E-state index in [1.807, 2.05) is 0 Å². The van der Waals surface area contributed by atoms with E-state index in [9.17, 15) is 0 Å². The fourth-order valence-corrected chi connectivity index (χ4v) is 3.48. The number of nitrogens with one attached hydrogen (secondary N) is 1. The number of hydrogen-bond donors (Lipinski definition) is 1. The summed E-state index contributed by atoms with van der Waals surface area (Å²) < 4.78 is 1.33. The molecule has 20 heavy (non-hydrogen) atoms. The van der Waals surface area contributed by atoms with Crippen LogP contribution in [0.3, 0.4) is 0 Å². The van der Waals surface area contributed by atoms with E-state index in [1.165, 1.54) is 25.8 Å².